The smallest absolute Gasteiger partial charge is 0.219 e. The van der Waals surface area contributed by atoms with Crippen LogP contribution < -0.4 is 10.2 Å². The summed E-state index contributed by atoms with van der Waals surface area (Å²) in [6, 6.07) is 2.44. The van der Waals surface area contributed by atoms with Gasteiger partial charge in [-0.2, -0.15) is 0 Å². The predicted octanol–water partition coefficient (Wildman–Crippen LogP) is 2.53. The highest BCUT2D eigenvalue weighted by Crippen LogP contribution is 2.31. The van der Waals surface area contributed by atoms with Crippen molar-refractivity contribution in [2.75, 3.05) is 36.9 Å². The first-order valence-corrected chi connectivity index (χ1v) is 9.21. The number of amides is 1. The molecule has 1 atom stereocenters. The molecule has 2 aliphatic heterocycles. The van der Waals surface area contributed by atoms with Crippen LogP contribution >= 0.6 is 0 Å². The third kappa shape index (κ3) is 3.79. The van der Waals surface area contributed by atoms with Gasteiger partial charge in [0.15, 0.2) is 0 Å². The first-order chi connectivity index (χ1) is 11.7. The standard InChI is InChI=1S/C18H29N5O/c1-14(24)23-9-5-3-4-6-16(23)15-7-10-22(11-8-15)18-12-17(19-2)20-13-21-18/h12-13,15-16H,3-11H2,1-2H3,(H,19,20,21). The summed E-state index contributed by atoms with van der Waals surface area (Å²) in [5.74, 6) is 2.72. The van der Waals surface area contributed by atoms with E-state index in [9.17, 15) is 4.79 Å². The highest BCUT2D eigenvalue weighted by molar-refractivity contribution is 5.73. The molecule has 1 aromatic rings. The number of nitrogens with one attached hydrogen (secondary N) is 1. The Labute approximate surface area is 144 Å². The summed E-state index contributed by atoms with van der Waals surface area (Å²) in [6.07, 6.45) is 8.72. The van der Waals surface area contributed by atoms with Crippen LogP contribution in [0.15, 0.2) is 12.4 Å². The number of carbonyl (C=O) groups is 1. The van der Waals surface area contributed by atoms with E-state index >= 15 is 0 Å². The van der Waals surface area contributed by atoms with Crippen LogP contribution in [0.5, 0.6) is 0 Å². The van der Waals surface area contributed by atoms with Crippen molar-refractivity contribution in [3.63, 3.8) is 0 Å². The first-order valence-electron chi connectivity index (χ1n) is 9.21. The molecule has 0 radical (unpaired) electrons. The lowest BCUT2D eigenvalue weighted by Gasteiger charge is -2.40. The van der Waals surface area contributed by atoms with E-state index in [4.69, 9.17) is 0 Å². The second kappa shape index (κ2) is 7.81. The molecule has 2 fully saturated rings. The summed E-state index contributed by atoms with van der Waals surface area (Å²) in [5, 5.41) is 3.07. The molecule has 3 heterocycles. The molecule has 24 heavy (non-hydrogen) atoms. The Balaban J connectivity index is 1.64. The molecule has 3 rings (SSSR count). The zero-order valence-corrected chi connectivity index (χ0v) is 14.9. The normalized spacial score (nSPS) is 23.0. The van der Waals surface area contributed by atoms with Crippen LogP contribution in [0.1, 0.15) is 45.4 Å². The van der Waals surface area contributed by atoms with E-state index in [1.54, 1.807) is 13.3 Å². The number of hydrogen-bond donors (Lipinski definition) is 1. The van der Waals surface area contributed by atoms with Crippen molar-refractivity contribution in [2.24, 2.45) is 5.92 Å². The van der Waals surface area contributed by atoms with E-state index in [2.05, 4.69) is 25.1 Å². The van der Waals surface area contributed by atoms with Gasteiger partial charge in [0.25, 0.3) is 0 Å². The number of likely N-dealkylation sites (tertiary alicyclic amines) is 1. The van der Waals surface area contributed by atoms with Gasteiger partial charge < -0.3 is 15.1 Å². The minimum atomic E-state index is 0.249. The molecule has 1 aromatic heterocycles. The Hall–Kier alpha value is -1.85. The quantitative estimate of drug-likeness (QED) is 0.922. The SMILES string of the molecule is CNc1cc(N2CCC(C3CCCCCN3C(C)=O)CC2)ncn1. The molecule has 1 unspecified atom stereocenters. The highest BCUT2D eigenvalue weighted by Gasteiger charge is 2.33. The van der Waals surface area contributed by atoms with Crippen molar-refractivity contribution in [1.29, 1.82) is 0 Å². The van der Waals surface area contributed by atoms with Crippen molar-refractivity contribution in [2.45, 2.75) is 51.5 Å². The number of nitrogens with zero attached hydrogens (tertiary/aromatic N) is 4. The second-order valence-corrected chi connectivity index (χ2v) is 6.97. The molecule has 2 saturated heterocycles. The number of rotatable bonds is 3. The Morgan fingerprint density at radius 2 is 1.92 bits per heavy atom. The molecule has 2 aliphatic rings. The van der Waals surface area contributed by atoms with Crippen LogP contribution in [0.4, 0.5) is 11.6 Å². The van der Waals surface area contributed by atoms with E-state index in [0.29, 0.717) is 12.0 Å². The maximum atomic E-state index is 12.1. The van der Waals surface area contributed by atoms with E-state index in [-0.39, 0.29) is 5.91 Å². The fourth-order valence-electron chi connectivity index (χ4n) is 4.19. The van der Waals surface area contributed by atoms with E-state index in [1.165, 1.54) is 19.3 Å². The number of piperidine rings is 1. The molecule has 6 heteroatoms. The van der Waals surface area contributed by atoms with Gasteiger partial charge in [0, 0.05) is 45.7 Å². The lowest BCUT2D eigenvalue weighted by atomic mass is 9.86. The zero-order chi connectivity index (χ0) is 16.9. The Morgan fingerprint density at radius 3 is 2.62 bits per heavy atom. The molecule has 0 spiro atoms. The molecule has 0 saturated carbocycles. The number of anilines is 2. The molecular weight excluding hydrogens is 302 g/mol. The molecule has 1 amide bonds. The molecule has 0 aromatic carbocycles. The van der Waals surface area contributed by atoms with Gasteiger partial charge in [-0.1, -0.05) is 12.8 Å². The minimum absolute atomic E-state index is 0.249. The Kier molecular flexibility index (Phi) is 5.53. The molecular formula is C18H29N5O. The fourth-order valence-corrected chi connectivity index (χ4v) is 4.19. The summed E-state index contributed by atoms with van der Waals surface area (Å²) in [6.45, 7) is 4.69. The summed E-state index contributed by atoms with van der Waals surface area (Å²) in [4.78, 5) is 25.1. The van der Waals surface area contributed by atoms with Gasteiger partial charge in [-0.25, -0.2) is 9.97 Å². The molecule has 1 N–H and O–H groups in total. The van der Waals surface area contributed by atoms with Gasteiger partial charge in [-0.3, -0.25) is 4.79 Å². The van der Waals surface area contributed by atoms with Crippen molar-refractivity contribution in [1.82, 2.24) is 14.9 Å². The van der Waals surface area contributed by atoms with Gasteiger partial charge in [0.2, 0.25) is 5.91 Å². The van der Waals surface area contributed by atoms with Gasteiger partial charge in [0.05, 0.1) is 0 Å². The van der Waals surface area contributed by atoms with Gasteiger partial charge >= 0.3 is 0 Å². The lowest BCUT2D eigenvalue weighted by Crippen LogP contribution is -2.47. The van der Waals surface area contributed by atoms with E-state index in [0.717, 1.165) is 50.5 Å². The van der Waals surface area contributed by atoms with Gasteiger partial charge in [0.1, 0.15) is 18.0 Å². The molecule has 0 aliphatic carbocycles. The van der Waals surface area contributed by atoms with Gasteiger partial charge in [-0.15, -0.1) is 0 Å². The summed E-state index contributed by atoms with van der Waals surface area (Å²) in [7, 11) is 1.88. The van der Waals surface area contributed by atoms with Crippen LogP contribution in [-0.4, -0.2) is 53.5 Å². The van der Waals surface area contributed by atoms with E-state index < -0.39 is 0 Å². The fraction of sp³-hybridized carbons (Fsp3) is 0.722. The number of hydrogen-bond acceptors (Lipinski definition) is 5. The number of aromatic nitrogens is 2. The Morgan fingerprint density at radius 1 is 1.12 bits per heavy atom. The van der Waals surface area contributed by atoms with Crippen LogP contribution in [0.2, 0.25) is 0 Å². The summed E-state index contributed by atoms with van der Waals surface area (Å²) >= 11 is 0. The van der Waals surface area contributed by atoms with Gasteiger partial charge in [-0.05, 0) is 31.6 Å². The average Bonchev–Trinajstić information content (AvgIpc) is 2.88. The summed E-state index contributed by atoms with van der Waals surface area (Å²) < 4.78 is 0. The van der Waals surface area contributed by atoms with Crippen molar-refractivity contribution < 1.29 is 4.79 Å². The maximum absolute atomic E-state index is 12.1. The first kappa shape index (κ1) is 17.0. The average molecular weight is 331 g/mol. The molecule has 6 nitrogen and oxygen atoms in total. The topological polar surface area (TPSA) is 61.4 Å². The number of carbonyl (C=O) groups excluding carboxylic acids is 1. The van der Waals surface area contributed by atoms with Crippen molar-refractivity contribution >= 4 is 17.5 Å². The monoisotopic (exact) mass is 331 g/mol. The van der Waals surface area contributed by atoms with Crippen LogP contribution in [-0.2, 0) is 4.79 Å². The lowest BCUT2D eigenvalue weighted by molar-refractivity contribution is -0.132. The molecule has 132 valence electrons. The van der Waals surface area contributed by atoms with Crippen LogP contribution in [0.3, 0.4) is 0 Å². The van der Waals surface area contributed by atoms with Crippen molar-refractivity contribution in [3.05, 3.63) is 12.4 Å². The van der Waals surface area contributed by atoms with E-state index in [1.807, 2.05) is 13.1 Å². The highest BCUT2D eigenvalue weighted by atomic mass is 16.2. The zero-order valence-electron chi connectivity index (χ0n) is 14.9. The largest absolute Gasteiger partial charge is 0.373 e. The summed E-state index contributed by atoms with van der Waals surface area (Å²) in [5.41, 5.74) is 0. The molecule has 0 bridgehead atoms. The minimum Gasteiger partial charge on any atom is -0.373 e. The van der Waals surface area contributed by atoms with Crippen LogP contribution in [0, 0.1) is 5.92 Å². The Bertz CT molecular complexity index is 556. The predicted molar refractivity (Wildman–Crippen MR) is 96.2 cm³/mol. The third-order valence-corrected chi connectivity index (χ3v) is 5.52. The van der Waals surface area contributed by atoms with Crippen LogP contribution in [0.25, 0.3) is 0 Å². The third-order valence-electron chi connectivity index (χ3n) is 5.52. The van der Waals surface area contributed by atoms with Crippen molar-refractivity contribution in [3.8, 4) is 0 Å². The second-order valence-electron chi connectivity index (χ2n) is 6.97. The maximum Gasteiger partial charge on any atom is 0.219 e.